The van der Waals surface area contributed by atoms with Gasteiger partial charge in [-0.1, -0.05) is 31.9 Å². The first-order valence-electron chi connectivity index (χ1n) is 5.64. The van der Waals surface area contributed by atoms with Gasteiger partial charge in [-0.05, 0) is 19.3 Å². The van der Waals surface area contributed by atoms with E-state index >= 15 is 0 Å². The molecule has 0 amide bonds. The summed E-state index contributed by atoms with van der Waals surface area (Å²) in [5.41, 5.74) is 1.04. The second-order valence-corrected chi connectivity index (χ2v) is 4.18. The van der Waals surface area contributed by atoms with Crippen LogP contribution in [0.25, 0.3) is 0 Å². The molecule has 0 bridgehead atoms. The average molecular weight is 195 g/mol. The highest BCUT2D eigenvalue weighted by molar-refractivity contribution is 5.82. The summed E-state index contributed by atoms with van der Waals surface area (Å²) < 4.78 is 0. The lowest BCUT2D eigenvalue weighted by molar-refractivity contribution is -0.117. The van der Waals surface area contributed by atoms with Gasteiger partial charge < -0.3 is 5.32 Å². The monoisotopic (exact) mass is 195 g/mol. The van der Waals surface area contributed by atoms with Crippen LogP contribution >= 0.6 is 0 Å². The summed E-state index contributed by atoms with van der Waals surface area (Å²) in [6.45, 7) is 6.42. The van der Waals surface area contributed by atoms with Crippen molar-refractivity contribution in [3.63, 3.8) is 0 Å². The summed E-state index contributed by atoms with van der Waals surface area (Å²) in [5, 5.41) is 3.32. The minimum Gasteiger partial charge on any atom is -0.307 e. The topological polar surface area (TPSA) is 29.1 Å². The quantitative estimate of drug-likeness (QED) is 0.660. The van der Waals surface area contributed by atoms with Gasteiger partial charge in [0.05, 0.1) is 6.54 Å². The Hall–Kier alpha value is -0.630. The van der Waals surface area contributed by atoms with E-state index in [1.807, 2.05) is 6.92 Å². The van der Waals surface area contributed by atoms with Crippen LogP contribution in [0, 0.1) is 0 Å². The average Bonchev–Trinajstić information content (AvgIpc) is 2.67. The van der Waals surface area contributed by atoms with Crippen LogP contribution in [-0.4, -0.2) is 18.4 Å². The van der Waals surface area contributed by atoms with Crippen LogP contribution in [0.1, 0.15) is 45.4 Å². The lowest BCUT2D eigenvalue weighted by atomic mass is 10.1. The largest absolute Gasteiger partial charge is 0.307 e. The van der Waals surface area contributed by atoms with E-state index in [-0.39, 0.29) is 5.78 Å². The van der Waals surface area contributed by atoms with Crippen molar-refractivity contribution in [1.29, 1.82) is 0 Å². The minimum absolute atomic E-state index is 0.281. The van der Waals surface area contributed by atoms with Crippen LogP contribution in [0.2, 0.25) is 0 Å². The van der Waals surface area contributed by atoms with E-state index in [9.17, 15) is 4.79 Å². The predicted molar refractivity (Wildman–Crippen MR) is 59.3 cm³/mol. The zero-order valence-corrected chi connectivity index (χ0v) is 9.14. The SMILES string of the molecule is C=C(CC)CC(=O)CNC1CCCC1. The van der Waals surface area contributed by atoms with Gasteiger partial charge in [0, 0.05) is 12.5 Å². The first kappa shape index (κ1) is 11.4. The number of carbonyl (C=O) groups is 1. The van der Waals surface area contributed by atoms with E-state index in [1.165, 1.54) is 25.7 Å². The van der Waals surface area contributed by atoms with Crippen molar-refractivity contribution in [2.24, 2.45) is 0 Å². The maximum atomic E-state index is 11.4. The van der Waals surface area contributed by atoms with Crippen molar-refractivity contribution in [3.05, 3.63) is 12.2 Å². The first-order chi connectivity index (χ1) is 6.72. The lowest BCUT2D eigenvalue weighted by Gasteiger charge is -2.10. The zero-order valence-electron chi connectivity index (χ0n) is 9.14. The van der Waals surface area contributed by atoms with Gasteiger partial charge in [0.1, 0.15) is 0 Å². The normalized spacial score (nSPS) is 17.2. The number of Topliss-reactive ketones (excluding diaryl/α,β-unsaturated/α-hetero) is 1. The van der Waals surface area contributed by atoms with Gasteiger partial charge in [-0.25, -0.2) is 0 Å². The fourth-order valence-corrected chi connectivity index (χ4v) is 1.85. The molecule has 2 heteroatoms. The predicted octanol–water partition coefficient (Wildman–Crippen LogP) is 2.44. The van der Waals surface area contributed by atoms with Crippen molar-refractivity contribution >= 4 is 5.78 Å². The van der Waals surface area contributed by atoms with Crippen molar-refractivity contribution in [2.45, 2.75) is 51.5 Å². The van der Waals surface area contributed by atoms with Gasteiger partial charge in [-0.15, -0.1) is 0 Å². The molecule has 1 saturated carbocycles. The molecular formula is C12H21NO. The number of hydrogen-bond acceptors (Lipinski definition) is 2. The molecule has 0 aromatic heterocycles. The standard InChI is InChI=1S/C12H21NO/c1-3-10(2)8-12(14)9-13-11-6-4-5-7-11/h11,13H,2-9H2,1H3. The Morgan fingerprint density at radius 2 is 2.07 bits per heavy atom. The maximum Gasteiger partial charge on any atom is 0.150 e. The Labute approximate surface area is 86.8 Å². The molecule has 1 N–H and O–H groups in total. The Balaban J connectivity index is 2.11. The molecule has 0 aromatic carbocycles. The Morgan fingerprint density at radius 3 is 2.64 bits per heavy atom. The van der Waals surface area contributed by atoms with Crippen molar-refractivity contribution in [2.75, 3.05) is 6.54 Å². The summed E-state index contributed by atoms with van der Waals surface area (Å²) in [5.74, 6) is 0.281. The van der Waals surface area contributed by atoms with Crippen LogP contribution in [0.5, 0.6) is 0 Å². The third kappa shape index (κ3) is 4.05. The molecule has 0 aromatic rings. The first-order valence-corrected chi connectivity index (χ1v) is 5.64. The number of allylic oxidation sites excluding steroid dienone is 1. The Bertz CT molecular complexity index is 204. The summed E-state index contributed by atoms with van der Waals surface area (Å²) >= 11 is 0. The number of carbonyl (C=O) groups excluding carboxylic acids is 1. The number of ketones is 1. The van der Waals surface area contributed by atoms with Gasteiger partial charge in [0.2, 0.25) is 0 Å². The molecular weight excluding hydrogens is 174 g/mol. The van der Waals surface area contributed by atoms with Crippen LogP contribution in [-0.2, 0) is 4.79 Å². The molecule has 0 heterocycles. The van der Waals surface area contributed by atoms with Gasteiger partial charge in [-0.2, -0.15) is 0 Å². The highest BCUT2D eigenvalue weighted by atomic mass is 16.1. The zero-order chi connectivity index (χ0) is 10.4. The fraction of sp³-hybridized carbons (Fsp3) is 0.750. The van der Waals surface area contributed by atoms with Crippen LogP contribution in [0.15, 0.2) is 12.2 Å². The van der Waals surface area contributed by atoms with Gasteiger partial charge in [0.15, 0.2) is 5.78 Å². The molecule has 0 spiro atoms. The van der Waals surface area contributed by atoms with E-state index in [0.29, 0.717) is 19.0 Å². The molecule has 1 rings (SSSR count). The minimum atomic E-state index is 0.281. The van der Waals surface area contributed by atoms with E-state index in [2.05, 4.69) is 11.9 Å². The molecule has 14 heavy (non-hydrogen) atoms. The third-order valence-corrected chi connectivity index (χ3v) is 2.89. The second-order valence-electron chi connectivity index (χ2n) is 4.18. The van der Waals surface area contributed by atoms with Crippen LogP contribution in [0.4, 0.5) is 0 Å². The molecule has 0 aliphatic heterocycles. The summed E-state index contributed by atoms with van der Waals surface area (Å²) in [7, 11) is 0. The molecule has 1 fully saturated rings. The number of hydrogen-bond donors (Lipinski definition) is 1. The molecule has 0 unspecified atom stereocenters. The third-order valence-electron chi connectivity index (χ3n) is 2.89. The highest BCUT2D eigenvalue weighted by Crippen LogP contribution is 2.17. The van der Waals surface area contributed by atoms with E-state index in [0.717, 1.165) is 12.0 Å². The molecule has 80 valence electrons. The van der Waals surface area contributed by atoms with Crippen molar-refractivity contribution in [1.82, 2.24) is 5.32 Å². The van der Waals surface area contributed by atoms with Crippen LogP contribution < -0.4 is 5.32 Å². The van der Waals surface area contributed by atoms with Gasteiger partial charge in [0.25, 0.3) is 0 Å². The maximum absolute atomic E-state index is 11.4. The lowest BCUT2D eigenvalue weighted by Crippen LogP contribution is -2.31. The summed E-state index contributed by atoms with van der Waals surface area (Å²) in [4.78, 5) is 11.4. The van der Waals surface area contributed by atoms with Gasteiger partial charge >= 0.3 is 0 Å². The molecule has 1 aliphatic carbocycles. The molecule has 2 nitrogen and oxygen atoms in total. The molecule has 0 atom stereocenters. The number of nitrogens with one attached hydrogen (secondary N) is 1. The van der Waals surface area contributed by atoms with E-state index < -0.39 is 0 Å². The Kier molecular flexibility index (Phi) is 4.88. The van der Waals surface area contributed by atoms with Crippen molar-refractivity contribution in [3.8, 4) is 0 Å². The summed E-state index contributed by atoms with van der Waals surface area (Å²) in [6, 6.07) is 0.592. The van der Waals surface area contributed by atoms with E-state index in [4.69, 9.17) is 0 Å². The Morgan fingerprint density at radius 1 is 1.43 bits per heavy atom. The van der Waals surface area contributed by atoms with Gasteiger partial charge in [-0.3, -0.25) is 4.79 Å². The second kappa shape index (κ2) is 5.97. The summed E-state index contributed by atoms with van der Waals surface area (Å²) in [6.07, 6.45) is 6.57. The van der Waals surface area contributed by atoms with Crippen LogP contribution in [0.3, 0.4) is 0 Å². The smallest absolute Gasteiger partial charge is 0.150 e. The molecule has 0 saturated heterocycles. The highest BCUT2D eigenvalue weighted by Gasteiger charge is 2.15. The molecule has 0 radical (unpaired) electrons. The molecule has 1 aliphatic rings. The number of rotatable bonds is 6. The van der Waals surface area contributed by atoms with E-state index in [1.54, 1.807) is 0 Å². The fourth-order valence-electron chi connectivity index (χ4n) is 1.85. The van der Waals surface area contributed by atoms with Crippen molar-refractivity contribution < 1.29 is 4.79 Å².